The van der Waals surface area contributed by atoms with Crippen molar-refractivity contribution < 1.29 is 4.79 Å². The van der Waals surface area contributed by atoms with Crippen LogP contribution in [0.25, 0.3) is 0 Å². The second-order valence-electron chi connectivity index (χ2n) is 7.29. The van der Waals surface area contributed by atoms with Gasteiger partial charge in [0.1, 0.15) is 0 Å². The second kappa shape index (κ2) is 11.6. The Hall–Kier alpha value is -2.08. The van der Waals surface area contributed by atoms with Gasteiger partial charge in [0.25, 0.3) is 0 Å². The van der Waals surface area contributed by atoms with Crippen LogP contribution in [0.15, 0.2) is 35.3 Å². The van der Waals surface area contributed by atoms with E-state index in [2.05, 4.69) is 58.1 Å². The average molecular weight is 374 g/mol. The lowest BCUT2D eigenvalue weighted by molar-refractivity contribution is -0.121. The molecule has 0 aromatic heterocycles. The number of guanidine groups is 1. The van der Waals surface area contributed by atoms with Crippen molar-refractivity contribution in [2.75, 3.05) is 32.7 Å². The largest absolute Gasteiger partial charge is 0.357 e. The van der Waals surface area contributed by atoms with E-state index in [-0.39, 0.29) is 11.9 Å². The smallest absolute Gasteiger partial charge is 0.221 e. The molecule has 0 radical (unpaired) electrons. The molecule has 1 atom stereocenters. The van der Waals surface area contributed by atoms with Gasteiger partial charge in [0, 0.05) is 25.6 Å². The maximum atomic E-state index is 11.8. The summed E-state index contributed by atoms with van der Waals surface area (Å²) < 4.78 is 0. The summed E-state index contributed by atoms with van der Waals surface area (Å²) in [5.74, 6) is 0.836. The number of amides is 1. The van der Waals surface area contributed by atoms with Gasteiger partial charge in [-0.05, 0) is 52.3 Å². The highest BCUT2D eigenvalue weighted by Gasteiger charge is 2.23. The van der Waals surface area contributed by atoms with E-state index in [4.69, 9.17) is 4.99 Å². The molecule has 1 aliphatic heterocycles. The van der Waals surface area contributed by atoms with E-state index in [0.29, 0.717) is 25.6 Å². The van der Waals surface area contributed by atoms with Crippen molar-refractivity contribution >= 4 is 11.9 Å². The van der Waals surface area contributed by atoms with E-state index in [0.717, 1.165) is 25.6 Å². The Morgan fingerprint density at radius 2 is 1.85 bits per heavy atom. The maximum Gasteiger partial charge on any atom is 0.221 e. The Labute approximate surface area is 163 Å². The van der Waals surface area contributed by atoms with Crippen LogP contribution in [-0.2, 0) is 4.79 Å². The van der Waals surface area contributed by atoms with Crippen LogP contribution in [0.1, 0.15) is 51.6 Å². The van der Waals surface area contributed by atoms with Gasteiger partial charge in [-0.1, -0.05) is 30.3 Å². The van der Waals surface area contributed by atoms with Crippen molar-refractivity contribution in [1.29, 1.82) is 0 Å². The van der Waals surface area contributed by atoms with Crippen LogP contribution in [-0.4, -0.2) is 55.5 Å². The van der Waals surface area contributed by atoms with Crippen molar-refractivity contribution in [1.82, 2.24) is 20.9 Å². The molecule has 1 fully saturated rings. The number of nitrogens with zero attached hydrogens (tertiary/aromatic N) is 2. The molecule has 0 aliphatic carbocycles. The lowest BCUT2D eigenvalue weighted by Crippen LogP contribution is -2.40. The molecule has 6 nitrogen and oxygen atoms in total. The van der Waals surface area contributed by atoms with Gasteiger partial charge in [0.05, 0.1) is 12.6 Å². The second-order valence-corrected chi connectivity index (χ2v) is 7.29. The quantitative estimate of drug-likeness (QED) is 0.459. The number of rotatable bonds is 9. The van der Waals surface area contributed by atoms with Crippen molar-refractivity contribution in [2.24, 2.45) is 4.99 Å². The first-order chi connectivity index (χ1) is 13.1. The SMILES string of the molecule is CCNC(=NCC(c1ccccc1)N1CCCC1)NCCC(=O)NC(C)C. The minimum Gasteiger partial charge on any atom is -0.357 e. The predicted octanol–water partition coefficient (Wildman–Crippen LogP) is 2.29. The highest BCUT2D eigenvalue weighted by molar-refractivity contribution is 5.81. The number of likely N-dealkylation sites (tertiary alicyclic amines) is 1. The van der Waals surface area contributed by atoms with Crippen LogP contribution in [0.2, 0.25) is 0 Å². The Balaban J connectivity index is 1.96. The lowest BCUT2D eigenvalue weighted by Gasteiger charge is -2.27. The first-order valence-corrected chi connectivity index (χ1v) is 10.2. The molecule has 2 rings (SSSR count). The highest BCUT2D eigenvalue weighted by atomic mass is 16.1. The first kappa shape index (κ1) is 21.2. The van der Waals surface area contributed by atoms with E-state index < -0.39 is 0 Å². The van der Waals surface area contributed by atoms with Crippen molar-refractivity contribution in [3.63, 3.8) is 0 Å². The summed E-state index contributed by atoms with van der Waals surface area (Å²) in [6.45, 7) is 10.3. The zero-order valence-electron chi connectivity index (χ0n) is 17.0. The molecule has 1 amide bonds. The van der Waals surface area contributed by atoms with Crippen LogP contribution in [0.4, 0.5) is 0 Å². The van der Waals surface area contributed by atoms with Gasteiger partial charge in [-0.2, -0.15) is 0 Å². The third-order valence-corrected chi connectivity index (χ3v) is 4.63. The van der Waals surface area contributed by atoms with Gasteiger partial charge in [-0.3, -0.25) is 14.7 Å². The summed E-state index contributed by atoms with van der Waals surface area (Å²) in [4.78, 5) is 19.1. The minimum absolute atomic E-state index is 0.0626. The van der Waals surface area contributed by atoms with Gasteiger partial charge in [-0.15, -0.1) is 0 Å². The van der Waals surface area contributed by atoms with Crippen LogP contribution in [0, 0.1) is 0 Å². The van der Waals surface area contributed by atoms with Crippen molar-refractivity contribution in [3.05, 3.63) is 35.9 Å². The molecular formula is C21H35N5O. The normalized spacial score (nSPS) is 16.4. The fourth-order valence-corrected chi connectivity index (χ4v) is 3.37. The van der Waals surface area contributed by atoms with E-state index in [1.807, 2.05) is 13.8 Å². The fourth-order valence-electron chi connectivity index (χ4n) is 3.37. The van der Waals surface area contributed by atoms with E-state index in [9.17, 15) is 4.79 Å². The predicted molar refractivity (Wildman–Crippen MR) is 112 cm³/mol. The molecule has 1 aromatic carbocycles. The Morgan fingerprint density at radius 1 is 1.15 bits per heavy atom. The molecule has 6 heteroatoms. The Morgan fingerprint density at radius 3 is 2.48 bits per heavy atom. The number of carbonyl (C=O) groups excluding carboxylic acids is 1. The minimum atomic E-state index is 0.0626. The highest BCUT2D eigenvalue weighted by Crippen LogP contribution is 2.25. The fraction of sp³-hybridized carbons (Fsp3) is 0.619. The summed E-state index contributed by atoms with van der Waals surface area (Å²) in [7, 11) is 0. The van der Waals surface area contributed by atoms with Crippen LogP contribution in [0.3, 0.4) is 0 Å². The molecule has 27 heavy (non-hydrogen) atoms. The molecule has 0 saturated carbocycles. The molecule has 3 N–H and O–H groups in total. The van der Waals surface area contributed by atoms with E-state index in [1.165, 1.54) is 18.4 Å². The molecule has 1 unspecified atom stereocenters. The third-order valence-electron chi connectivity index (χ3n) is 4.63. The van der Waals surface area contributed by atoms with Gasteiger partial charge in [0.2, 0.25) is 5.91 Å². The summed E-state index contributed by atoms with van der Waals surface area (Å²) in [6.07, 6.45) is 2.96. The van der Waals surface area contributed by atoms with Gasteiger partial charge < -0.3 is 16.0 Å². The van der Waals surface area contributed by atoms with Crippen molar-refractivity contribution in [3.8, 4) is 0 Å². The zero-order chi connectivity index (χ0) is 19.5. The standard InChI is InChI=1S/C21H35N5O/c1-4-22-21(23-13-12-20(27)25-17(2)3)24-16-19(26-14-8-9-15-26)18-10-6-5-7-11-18/h5-7,10-11,17,19H,4,8-9,12-16H2,1-3H3,(H,25,27)(H2,22,23,24). The number of hydrogen-bond acceptors (Lipinski definition) is 3. The maximum absolute atomic E-state index is 11.8. The van der Waals surface area contributed by atoms with E-state index >= 15 is 0 Å². The van der Waals surface area contributed by atoms with Gasteiger partial charge in [0.15, 0.2) is 5.96 Å². The molecule has 1 aromatic rings. The molecular weight excluding hydrogens is 338 g/mol. The summed E-state index contributed by atoms with van der Waals surface area (Å²) in [5.41, 5.74) is 1.32. The molecule has 0 bridgehead atoms. The number of aliphatic imine (C=N–C) groups is 1. The summed E-state index contributed by atoms with van der Waals surface area (Å²) in [6, 6.07) is 11.1. The Bertz CT molecular complexity index is 581. The van der Waals surface area contributed by atoms with Crippen LogP contribution < -0.4 is 16.0 Å². The third kappa shape index (κ3) is 7.59. The lowest BCUT2D eigenvalue weighted by atomic mass is 10.1. The van der Waals surface area contributed by atoms with Crippen molar-refractivity contribution in [2.45, 2.75) is 52.1 Å². The molecule has 0 spiro atoms. The molecule has 1 aliphatic rings. The topological polar surface area (TPSA) is 68.8 Å². The Kier molecular flexibility index (Phi) is 9.11. The summed E-state index contributed by atoms with van der Waals surface area (Å²) in [5, 5.41) is 9.48. The van der Waals surface area contributed by atoms with E-state index in [1.54, 1.807) is 0 Å². The number of carbonyl (C=O) groups is 1. The van der Waals surface area contributed by atoms with Gasteiger partial charge in [-0.25, -0.2) is 0 Å². The van der Waals surface area contributed by atoms with Crippen LogP contribution >= 0.6 is 0 Å². The van der Waals surface area contributed by atoms with Gasteiger partial charge >= 0.3 is 0 Å². The zero-order valence-corrected chi connectivity index (χ0v) is 17.0. The molecule has 150 valence electrons. The van der Waals surface area contributed by atoms with Crippen LogP contribution in [0.5, 0.6) is 0 Å². The first-order valence-electron chi connectivity index (χ1n) is 10.2. The number of hydrogen-bond donors (Lipinski definition) is 3. The monoisotopic (exact) mass is 373 g/mol. The number of benzene rings is 1. The molecule has 1 heterocycles. The summed E-state index contributed by atoms with van der Waals surface area (Å²) >= 11 is 0. The number of nitrogens with one attached hydrogen (secondary N) is 3. The molecule has 1 saturated heterocycles. The average Bonchev–Trinajstić information content (AvgIpc) is 3.16.